The van der Waals surface area contributed by atoms with E-state index in [1.807, 2.05) is 60.7 Å². The molecule has 5 nitrogen and oxygen atoms in total. The van der Waals surface area contributed by atoms with Crippen LogP contribution in [0.2, 0.25) is 5.02 Å². The summed E-state index contributed by atoms with van der Waals surface area (Å²) in [6, 6.07) is 19.2. The third-order valence-corrected chi connectivity index (χ3v) is 5.87. The maximum absolute atomic E-state index is 13.1. The van der Waals surface area contributed by atoms with Crippen molar-refractivity contribution in [1.82, 2.24) is 9.88 Å². The summed E-state index contributed by atoms with van der Waals surface area (Å²) in [6.45, 7) is 3.18. The smallest absolute Gasteiger partial charge is 0.247 e. The number of hydrogen-bond donors (Lipinski definition) is 0. The van der Waals surface area contributed by atoms with Crippen molar-refractivity contribution in [3.63, 3.8) is 0 Å². The lowest BCUT2D eigenvalue weighted by atomic mass is 10.1. The largest absolute Gasteiger partial charge is 0.493 e. The summed E-state index contributed by atoms with van der Waals surface area (Å²) < 4.78 is 11.3. The molecule has 6 heteroatoms. The van der Waals surface area contributed by atoms with Gasteiger partial charge < -0.3 is 14.4 Å². The summed E-state index contributed by atoms with van der Waals surface area (Å²) in [6.07, 6.45) is 7.87. The number of amides is 1. The van der Waals surface area contributed by atoms with E-state index in [1.54, 1.807) is 29.4 Å². The second-order valence-corrected chi connectivity index (χ2v) is 8.50. The number of benzene rings is 2. The van der Waals surface area contributed by atoms with Crippen LogP contribution in [0.25, 0.3) is 6.08 Å². The molecular formula is C27H27ClN2O3. The lowest BCUT2D eigenvalue weighted by molar-refractivity contribution is -0.127. The first-order valence-corrected chi connectivity index (χ1v) is 11.4. The number of ether oxygens (including phenoxy) is 2. The average molecular weight is 463 g/mol. The summed E-state index contributed by atoms with van der Waals surface area (Å²) in [4.78, 5) is 19.1. The Morgan fingerprint density at radius 3 is 2.64 bits per heavy atom. The van der Waals surface area contributed by atoms with Gasteiger partial charge in [0.2, 0.25) is 5.91 Å². The zero-order valence-electron chi connectivity index (χ0n) is 18.4. The van der Waals surface area contributed by atoms with Crippen molar-refractivity contribution in [1.29, 1.82) is 0 Å². The van der Waals surface area contributed by atoms with Gasteiger partial charge >= 0.3 is 0 Å². The molecule has 1 saturated heterocycles. The van der Waals surface area contributed by atoms with E-state index in [1.165, 1.54) is 0 Å². The Morgan fingerprint density at radius 2 is 1.91 bits per heavy atom. The van der Waals surface area contributed by atoms with E-state index in [-0.39, 0.29) is 5.91 Å². The molecule has 4 rings (SSSR count). The Bertz CT molecular complexity index is 1060. The number of halogens is 1. The van der Waals surface area contributed by atoms with Gasteiger partial charge in [0.05, 0.1) is 13.2 Å². The van der Waals surface area contributed by atoms with E-state index in [4.69, 9.17) is 21.1 Å². The summed E-state index contributed by atoms with van der Waals surface area (Å²) in [5.74, 6) is 1.19. The Balaban J connectivity index is 1.43. The molecule has 1 amide bonds. The predicted octanol–water partition coefficient (Wildman–Crippen LogP) is 5.39. The number of carbonyl (C=O) groups is 1. The second kappa shape index (κ2) is 11.6. The molecule has 0 aliphatic carbocycles. The molecule has 0 bridgehead atoms. The predicted molar refractivity (Wildman–Crippen MR) is 130 cm³/mol. The fraction of sp³-hybridized carbons (Fsp3) is 0.259. The van der Waals surface area contributed by atoms with Crippen molar-refractivity contribution in [2.45, 2.75) is 19.5 Å². The quantitative estimate of drug-likeness (QED) is 0.400. The molecule has 1 aromatic heterocycles. The van der Waals surface area contributed by atoms with Crippen LogP contribution in [0, 0.1) is 5.92 Å². The molecule has 1 aliphatic heterocycles. The van der Waals surface area contributed by atoms with Crippen LogP contribution >= 0.6 is 11.6 Å². The highest BCUT2D eigenvalue weighted by atomic mass is 35.5. The first-order valence-electron chi connectivity index (χ1n) is 11.1. The van der Waals surface area contributed by atoms with E-state index in [2.05, 4.69) is 4.98 Å². The van der Waals surface area contributed by atoms with Gasteiger partial charge in [0.15, 0.2) is 0 Å². The van der Waals surface area contributed by atoms with Gasteiger partial charge in [-0.3, -0.25) is 9.78 Å². The minimum atomic E-state index is -0.0969. The number of carbonyl (C=O) groups excluding carboxylic acids is 1. The van der Waals surface area contributed by atoms with Gasteiger partial charge in [0, 0.05) is 49.1 Å². The maximum atomic E-state index is 13.1. The lowest BCUT2D eigenvalue weighted by Crippen LogP contribution is -2.28. The molecule has 1 fully saturated rings. The first kappa shape index (κ1) is 23.0. The molecule has 0 radical (unpaired) electrons. The molecule has 0 unspecified atom stereocenters. The average Bonchev–Trinajstić information content (AvgIpc) is 3.37. The highest BCUT2D eigenvalue weighted by molar-refractivity contribution is 6.32. The fourth-order valence-corrected chi connectivity index (χ4v) is 3.84. The molecule has 2 aromatic carbocycles. The minimum Gasteiger partial charge on any atom is -0.493 e. The monoisotopic (exact) mass is 462 g/mol. The molecule has 33 heavy (non-hydrogen) atoms. The van der Waals surface area contributed by atoms with Crippen molar-refractivity contribution >= 4 is 23.6 Å². The summed E-state index contributed by atoms with van der Waals surface area (Å²) in [5, 5.41) is 0.611. The zero-order chi connectivity index (χ0) is 22.9. The summed E-state index contributed by atoms with van der Waals surface area (Å²) in [5.41, 5.74) is 2.80. The van der Waals surface area contributed by atoms with Crippen LogP contribution < -0.4 is 4.74 Å². The van der Waals surface area contributed by atoms with E-state index in [0.29, 0.717) is 30.6 Å². The highest BCUT2D eigenvalue weighted by Crippen LogP contribution is 2.20. The van der Waals surface area contributed by atoms with Crippen molar-refractivity contribution in [2.24, 2.45) is 5.92 Å². The molecule has 0 N–H and O–H groups in total. The standard InChI is InChI=1S/C27H27ClN2O3/c28-26-6-2-1-5-24(26)9-12-27(31)30(18-22-4-3-14-29-16-22)17-21-7-10-25(11-8-21)33-20-23-13-15-32-19-23/h1-12,14,16,23H,13,15,17-20H2/b12-9+/t23-/m1/s1. The van der Waals surface area contributed by atoms with E-state index in [9.17, 15) is 4.79 Å². The third-order valence-electron chi connectivity index (χ3n) is 5.53. The first-order chi connectivity index (χ1) is 16.2. The second-order valence-electron chi connectivity index (χ2n) is 8.09. The molecule has 3 aromatic rings. The SMILES string of the molecule is O=C(/C=C/c1ccccc1Cl)N(Cc1ccc(OC[C@@H]2CCOC2)cc1)Cc1cccnc1. The van der Waals surface area contributed by atoms with Gasteiger partial charge in [-0.1, -0.05) is 48.0 Å². The number of pyridine rings is 1. The van der Waals surface area contributed by atoms with Crippen LogP contribution in [-0.2, 0) is 22.6 Å². The van der Waals surface area contributed by atoms with Gasteiger partial charge in [0.25, 0.3) is 0 Å². The van der Waals surface area contributed by atoms with Crippen molar-refractivity contribution in [3.05, 3.63) is 101 Å². The van der Waals surface area contributed by atoms with Gasteiger partial charge in [0.1, 0.15) is 5.75 Å². The topological polar surface area (TPSA) is 51.7 Å². The van der Waals surface area contributed by atoms with Crippen molar-refractivity contribution < 1.29 is 14.3 Å². The van der Waals surface area contributed by atoms with Crippen molar-refractivity contribution in [3.8, 4) is 5.75 Å². The fourth-order valence-electron chi connectivity index (χ4n) is 3.64. The Hall–Kier alpha value is -3.15. The Morgan fingerprint density at radius 1 is 1.09 bits per heavy atom. The van der Waals surface area contributed by atoms with Crippen LogP contribution in [0.3, 0.4) is 0 Å². The number of rotatable bonds is 9. The number of aromatic nitrogens is 1. The van der Waals surface area contributed by atoms with Gasteiger partial charge in [-0.2, -0.15) is 0 Å². The Kier molecular flexibility index (Phi) is 8.12. The van der Waals surface area contributed by atoms with Crippen LogP contribution in [0.15, 0.2) is 79.1 Å². The molecule has 0 spiro atoms. The van der Waals surface area contributed by atoms with Crippen LogP contribution in [0.4, 0.5) is 0 Å². The zero-order valence-corrected chi connectivity index (χ0v) is 19.2. The molecule has 0 saturated carbocycles. The normalized spacial score (nSPS) is 15.6. The van der Waals surface area contributed by atoms with Gasteiger partial charge in [-0.05, 0) is 53.5 Å². The summed E-state index contributed by atoms with van der Waals surface area (Å²) >= 11 is 6.23. The third kappa shape index (κ3) is 6.91. The van der Waals surface area contributed by atoms with Crippen molar-refractivity contribution in [2.75, 3.05) is 19.8 Å². The summed E-state index contributed by atoms with van der Waals surface area (Å²) in [7, 11) is 0. The molecule has 2 heterocycles. The molecule has 1 aliphatic rings. The number of hydrogen-bond acceptors (Lipinski definition) is 4. The van der Waals surface area contributed by atoms with E-state index in [0.717, 1.165) is 42.1 Å². The van der Waals surface area contributed by atoms with Crippen LogP contribution in [0.5, 0.6) is 5.75 Å². The molecule has 170 valence electrons. The molecule has 1 atom stereocenters. The van der Waals surface area contributed by atoms with Crippen LogP contribution in [0.1, 0.15) is 23.1 Å². The van der Waals surface area contributed by atoms with E-state index < -0.39 is 0 Å². The Labute approximate surface area is 199 Å². The highest BCUT2D eigenvalue weighted by Gasteiger charge is 2.16. The van der Waals surface area contributed by atoms with Crippen LogP contribution in [-0.4, -0.2) is 35.6 Å². The molecular weight excluding hydrogens is 436 g/mol. The minimum absolute atomic E-state index is 0.0969. The van der Waals surface area contributed by atoms with Gasteiger partial charge in [-0.25, -0.2) is 0 Å². The lowest BCUT2D eigenvalue weighted by Gasteiger charge is -2.22. The van der Waals surface area contributed by atoms with E-state index >= 15 is 0 Å². The van der Waals surface area contributed by atoms with Gasteiger partial charge in [-0.15, -0.1) is 0 Å². The maximum Gasteiger partial charge on any atom is 0.247 e. The number of nitrogens with zero attached hydrogens (tertiary/aromatic N) is 2.